The van der Waals surface area contributed by atoms with Crippen LogP contribution in [0.4, 0.5) is 5.69 Å². The molecule has 2 aromatic carbocycles. The molecule has 26 heavy (non-hydrogen) atoms. The minimum absolute atomic E-state index is 0.676. The van der Waals surface area contributed by atoms with Gasteiger partial charge >= 0.3 is 0 Å². The normalized spacial score (nSPS) is 11.2. The summed E-state index contributed by atoms with van der Waals surface area (Å²) in [4.78, 5) is 6.40. The van der Waals surface area contributed by atoms with Crippen LogP contribution in [0.25, 0.3) is 0 Å². The van der Waals surface area contributed by atoms with Crippen LogP contribution in [-0.2, 0) is 13.0 Å². The highest BCUT2D eigenvalue weighted by atomic mass is 16.5. The molecule has 0 heterocycles. The molecular formula is C21H30N4O. The largest absolute Gasteiger partial charge is 0.496 e. The van der Waals surface area contributed by atoms with Crippen molar-refractivity contribution in [2.24, 2.45) is 4.99 Å². The Hall–Kier alpha value is -2.69. The monoisotopic (exact) mass is 354 g/mol. The summed E-state index contributed by atoms with van der Waals surface area (Å²) in [6.45, 7) is 1.55. The van der Waals surface area contributed by atoms with Crippen LogP contribution in [0.3, 0.4) is 0 Å². The zero-order chi connectivity index (χ0) is 18.8. The summed E-state index contributed by atoms with van der Waals surface area (Å²) in [5, 5.41) is 6.70. The third kappa shape index (κ3) is 5.99. The van der Waals surface area contributed by atoms with Crippen LogP contribution < -0.4 is 20.3 Å². The molecule has 0 saturated heterocycles. The van der Waals surface area contributed by atoms with E-state index in [1.807, 2.05) is 18.2 Å². The van der Waals surface area contributed by atoms with Gasteiger partial charge in [-0.1, -0.05) is 30.3 Å². The number of nitrogens with zero attached hydrogens (tertiary/aromatic N) is 2. The van der Waals surface area contributed by atoms with E-state index in [1.54, 1.807) is 14.2 Å². The fraction of sp³-hybridized carbons (Fsp3) is 0.381. The Kier molecular flexibility index (Phi) is 7.80. The van der Waals surface area contributed by atoms with Crippen molar-refractivity contribution in [3.63, 3.8) is 0 Å². The second kappa shape index (κ2) is 10.3. The van der Waals surface area contributed by atoms with Crippen LogP contribution >= 0.6 is 0 Å². The Bertz CT molecular complexity index is 695. The van der Waals surface area contributed by atoms with E-state index >= 15 is 0 Å². The third-order valence-electron chi connectivity index (χ3n) is 4.25. The van der Waals surface area contributed by atoms with E-state index in [4.69, 9.17) is 4.74 Å². The lowest BCUT2D eigenvalue weighted by molar-refractivity contribution is 0.409. The molecular weight excluding hydrogens is 324 g/mol. The predicted molar refractivity (Wildman–Crippen MR) is 110 cm³/mol. The molecule has 140 valence electrons. The van der Waals surface area contributed by atoms with E-state index in [0.29, 0.717) is 6.54 Å². The van der Waals surface area contributed by atoms with Crippen molar-refractivity contribution in [2.75, 3.05) is 39.7 Å². The van der Waals surface area contributed by atoms with Gasteiger partial charge in [-0.15, -0.1) is 0 Å². The van der Waals surface area contributed by atoms with Crippen LogP contribution in [0.2, 0.25) is 0 Å². The van der Waals surface area contributed by atoms with Crippen molar-refractivity contribution < 1.29 is 4.74 Å². The van der Waals surface area contributed by atoms with E-state index in [2.05, 4.69) is 65.0 Å². The Morgan fingerprint density at radius 2 is 1.77 bits per heavy atom. The van der Waals surface area contributed by atoms with Crippen LogP contribution in [0.5, 0.6) is 5.75 Å². The smallest absolute Gasteiger partial charge is 0.191 e. The van der Waals surface area contributed by atoms with Gasteiger partial charge in [0.25, 0.3) is 0 Å². The summed E-state index contributed by atoms with van der Waals surface area (Å²) in [5.74, 6) is 1.69. The predicted octanol–water partition coefficient (Wildman–Crippen LogP) is 3.06. The SMILES string of the molecule is CN=C(NCCCc1ccc(N(C)C)cc1)NCc1ccccc1OC. The molecule has 0 aliphatic heterocycles. The number of para-hydroxylation sites is 1. The standard InChI is InChI=1S/C21H30N4O/c1-22-21(24-16-18-9-5-6-10-20(18)26-4)23-15-7-8-17-11-13-19(14-12-17)25(2)3/h5-6,9-14H,7-8,15-16H2,1-4H3,(H2,22,23,24). The summed E-state index contributed by atoms with van der Waals surface area (Å²) in [5.41, 5.74) is 3.70. The molecule has 0 aliphatic rings. The number of aryl methyl sites for hydroxylation is 1. The summed E-state index contributed by atoms with van der Waals surface area (Å²) >= 11 is 0. The number of benzene rings is 2. The van der Waals surface area contributed by atoms with Gasteiger partial charge in [-0.25, -0.2) is 0 Å². The first kappa shape index (κ1) is 19.6. The maximum atomic E-state index is 5.38. The first-order valence-electron chi connectivity index (χ1n) is 8.96. The number of guanidine groups is 1. The van der Waals surface area contributed by atoms with Crippen LogP contribution in [-0.4, -0.2) is 40.8 Å². The molecule has 0 unspecified atom stereocenters. The lowest BCUT2D eigenvalue weighted by Gasteiger charge is -2.14. The number of rotatable bonds is 8. The van der Waals surface area contributed by atoms with Crippen molar-refractivity contribution in [1.29, 1.82) is 0 Å². The molecule has 0 amide bonds. The first-order valence-corrected chi connectivity index (χ1v) is 8.96. The van der Waals surface area contributed by atoms with Crippen molar-refractivity contribution in [2.45, 2.75) is 19.4 Å². The third-order valence-corrected chi connectivity index (χ3v) is 4.25. The molecule has 0 aromatic heterocycles. The van der Waals surface area contributed by atoms with Gasteiger partial charge in [-0.3, -0.25) is 4.99 Å². The second-order valence-electron chi connectivity index (χ2n) is 6.33. The van der Waals surface area contributed by atoms with Gasteiger partial charge in [0, 0.05) is 45.5 Å². The van der Waals surface area contributed by atoms with Crippen LogP contribution in [0.1, 0.15) is 17.5 Å². The minimum Gasteiger partial charge on any atom is -0.496 e. The van der Waals surface area contributed by atoms with Gasteiger partial charge in [0.2, 0.25) is 0 Å². The summed E-state index contributed by atoms with van der Waals surface area (Å²) in [6, 6.07) is 16.7. The van der Waals surface area contributed by atoms with Gasteiger partial charge in [0.05, 0.1) is 7.11 Å². The molecule has 0 bridgehead atoms. The summed E-state index contributed by atoms with van der Waals surface area (Å²) in [7, 11) is 7.60. The van der Waals surface area contributed by atoms with Gasteiger partial charge in [0.15, 0.2) is 5.96 Å². The number of aliphatic imine (C=N–C) groups is 1. The molecule has 0 spiro atoms. The van der Waals surface area contributed by atoms with E-state index in [-0.39, 0.29) is 0 Å². The molecule has 0 radical (unpaired) electrons. The summed E-state index contributed by atoms with van der Waals surface area (Å²) < 4.78 is 5.38. The number of hydrogen-bond acceptors (Lipinski definition) is 3. The quantitative estimate of drug-likeness (QED) is 0.435. The fourth-order valence-corrected chi connectivity index (χ4v) is 2.71. The van der Waals surface area contributed by atoms with Crippen molar-refractivity contribution >= 4 is 11.6 Å². The maximum Gasteiger partial charge on any atom is 0.191 e. The highest BCUT2D eigenvalue weighted by molar-refractivity contribution is 5.79. The number of ether oxygens (including phenoxy) is 1. The Balaban J connectivity index is 1.73. The fourth-order valence-electron chi connectivity index (χ4n) is 2.71. The lowest BCUT2D eigenvalue weighted by atomic mass is 10.1. The topological polar surface area (TPSA) is 48.9 Å². The number of hydrogen-bond donors (Lipinski definition) is 2. The Labute approximate surface area is 157 Å². The van der Waals surface area contributed by atoms with Gasteiger partial charge in [-0.2, -0.15) is 0 Å². The molecule has 5 heteroatoms. The average Bonchev–Trinajstić information content (AvgIpc) is 2.68. The van der Waals surface area contributed by atoms with E-state index in [0.717, 1.165) is 36.7 Å². The highest BCUT2D eigenvalue weighted by Crippen LogP contribution is 2.16. The minimum atomic E-state index is 0.676. The van der Waals surface area contributed by atoms with Gasteiger partial charge < -0.3 is 20.3 Å². The van der Waals surface area contributed by atoms with Gasteiger partial charge in [-0.05, 0) is 36.6 Å². The average molecular weight is 354 g/mol. The molecule has 2 N–H and O–H groups in total. The molecule has 2 aromatic rings. The number of methoxy groups -OCH3 is 1. The molecule has 0 fully saturated rings. The zero-order valence-corrected chi connectivity index (χ0v) is 16.2. The molecule has 0 atom stereocenters. The Morgan fingerprint density at radius 3 is 2.42 bits per heavy atom. The zero-order valence-electron chi connectivity index (χ0n) is 16.2. The molecule has 2 rings (SSSR count). The Morgan fingerprint density at radius 1 is 1.04 bits per heavy atom. The second-order valence-corrected chi connectivity index (χ2v) is 6.33. The van der Waals surface area contributed by atoms with Crippen molar-refractivity contribution in [1.82, 2.24) is 10.6 Å². The molecule has 5 nitrogen and oxygen atoms in total. The summed E-state index contributed by atoms with van der Waals surface area (Å²) in [6.07, 6.45) is 2.10. The lowest BCUT2D eigenvalue weighted by Crippen LogP contribution is -2.37. The van der Waals surface area contributed by atoms with E-state index < -0.39 is 0 Å². The van der Waals surface area contributed by atoms with Crippen molar-refractivity contribution in [3.05, 3.63) is 59.7 Å². The highest BCUT2D eigenvalue weighted by Gasteiger charge is 2.03. The van der Waals surface area contributed by atoms with Crippen LogP contribution in [0, 0.1) is 0 Å². The number of nitrogens with one attached hydrogen (secondary N) is 2. The van der Waals surface area contributed by atoms with E-state index in [1.165, 1.54) is 11.3 Å². The van der Waals surface area contributed by atoms with Crippen molar-refractivity contribution in [3.8, 4) is 5.75 Å². The maximum absolute atomic E-state index is 5.38. The molecule has 0 aliphatic carbocycles. The van der Waals surface area contributed by atoms with E-state index in [9.17, 15) is 0 Å². The van der Waals surface area contributed by atoms with Crippen LogP contribution in [0.15, 0.2) is 53.5 Å². The number of anilines is 1. The molecule has 0 saturated carbocycles. The van der Waals surface area contributed by atoms with Gasteiger partial charge in [0.1, 0.15) is 5.75 Å². The first-order chi connectivity index (χ1) is 12.6.